The van der Waals surface area contributed by atoms with Gasteiger partial charge in [-0.15, -0.1) is 0 Å². The quantitative estimate of drug-likeness (QED) is 0.0177. The number of aliphatic hydroxyl groups is 2. The van der Waals surface area contributed by atoms with Crippen LogP contribution in [-0.2, 0) is 46.3 Å². The molecule has 0 aliphatic carbocycles. The van der Waals surface area contributed by atoms with Crippen molar-refractivity contribution in [3.63, 3.8) is 0 Å². The van der Waals surface area contributed by atoms with E-state index in [-0.39, 0.29) is 18.7 Å². The van der Waals surface area contributed by atoms with Crippen LogP contribution in [0.1, 0.15) is 161 Å². The molecule has 0 saturated carbocycles. The molecule has 0 bridgehead atoms. The molecule has 1 aliphatic heterocycles. The average molecular weight is 1050 g/mol. The zero-order valence-electron chi connectivity index (χ0n) is 42.4. The summed E-state index contributed by atoms with van der Waals surface area (Å²) in [5.74, 6) is -1.42. The Labute approximate surface area is 427 Å². The SMILES string of the molecule is CCCCC/C=C\C/C=C\C/C=C\C/C=C\C/C=C\CCC(=O)O[C@H](COC(=O)CCCCCCC/C=C\C/C=C\CCCCC)COP(=O)(O)OP(=O)(O)OC[C@H]1O[C@@H](n2ccc(N)nc2=O)C(O)[C@H]1O. The van der Waals surface area contributed by atoms with E-state index in [1.807, 2.05) is 24.3 Å². The van der Waals surface area contributed by atoms with Crippen LogP contribution < -0.4 is 11.4 Å². The van der Waals surface area contributed by atoms with E-state index in [0.717, 1.165) is 81.4 Å². The molecule has 406 valence electrons. The Morgan fingerprint density at radius 1 is 0.667 bits per heavy atom. The monoisotopic (exact) mass is 1050 g/mol. The Balaban J connectivity index is 1.85. The number of esters is 2. The molecule has 2 rings (SSSR count). The van der Waals surface area contributed by atoms with Crippen LogP contribution >= 0.6 is 15.6 Å². The van der Waals surface area contributed by atoms with Gasteiger partial charge < -0.3 is 39.9 Å². The Hall–Kier alpha value is -4.06. The molecular formula is C52H83N3O15P2. The lowest BCUT2D eigenvalue weighted by molar-refractivity contribution is -0.161. The largest absolute Gasteiger partial charge is 0.481 e. The lowest BCUT2D eigenvalue weighted by Crippen LogP contribution is -2.36. The average Bonchev–Trinajstić information content (AvgIpc) is 3.62. The molecular weight excluding hydrogens is 969 g/mol. The molecule has 7 atom stereocenters. The maximum absolute atomic E-state index is 12.8. The van der Waals surface area contributed by atoms with E-state index in [0.29, 0.717) is 19.3 Å². The van der Waals surface area contributed by atoms with E-state index >= 15 is 0 Å². The molecule has 6 N–H and O–H groups in total. The van der Waals surface area contributed by atoms with Crippen LogP contribution in [0.3, 0.4) is 0 Å². The summed E-state index contributed by atoms with van der Waals surface area (Å²) in [5, 5.41) is 20.9. The summed E-state index contributed by atoms with van der Waals surface area (Å²) in [4.78, 5) is 61.9. The van der Waals surface area contributed by atoms with Crippen LogP contribution in [0.4, 0.5) is 5.82 Å². The Morgan fingerprint density at radius 3 is 1.69 bits per heavy atom. The number of unbranched alkanes of at least 4 members (excludes halogenated alkanes) is 11. The van der Waals surface area contributed by atoms with E-state index in [2.05, 4.69) is 83.9 Å². The first kappa shape index (κ1) is 64.1. The second kappa shape index (κ2) is 39.4. The second-order valence-corrected chi connectivity index (χ2v) is 20.4. The van der Waals surface area contributed by atoms with E-state index in [1.165, 1.54) is 44.6 Å². The minimum absolute atomic E-state index is 0.0807. The molecule has 1 aliphatic rings. The normalized spacial score (nSPS) is 19.8. The molecule has 3 unspecified atom stereocenters. The Bertz CT molecular complexity index is 2040. The first-order valence-electron chi connectivity index (χ1n) is 25.6. The number of carbonyl (C=O) groups is 2. The molecule has 1 aromatic heterocycles. The highest BCUT2D eigenvalue weighted by Crippen LogP contribution is 2.60. The van der Waals surface area contributed by atoms with Crippen molar-refractivity contribution in [1.29, 1.82) is 0 Å². The molecule has 18 nitrogen and oxygen atoms in total. The van der Waals surface area contributed by atoms with Crippen LogP contribution in [0.15, 0.2) is 102 Å². The zero-order valence-corrected chi connectivity index (χ0v) is 44.2. The molecule has 0 aromatic carbocycles. The first-order chi connectivity index (χ1) is 34.7. The minimum atomic E-state index is -5.45. The van der Waals surface area contributed by atoms with Crippen LogP contribution in [0.2, 0.25) is 0 Å². The molecule has 1 fully saturated rings. The topological polar surface area (TPSA) is 265 Å². The van der Waals surface area contributed by atoms with Crippen molar-refractivity contribution in [2.45, 2.75) is 186 Å². The number of allylic oxidation sites excluding steroid dienone is 14. The number of hydrogen-bond donors (Lipinski definition) is 5. The summed E-state index contributed by atoms with van der Waals surface area (Å²) in [5.41, 5.74) is 4.58. The van der Waals surface area contributed by atoms with Crippen molar-refractivity contribution in [2.24, 2.45) is 0 Å². The van der Waals surface area contributed by atoms with Gasteiger partial charge in [0, 0.05) is 19.0 Å². The summed E-state index contributed by atoms with van der Waals surface area (Å²) in [7, 11) is -10.9. The van der Waals surface area contributed by atoms with Gasteiger partial charge in [-0.05, 0) is 89.5 Å². The molecule has 2 heterocycles. The number of carbonyl (C=O) groups excluding carboxylic acids is 2. The van der Waals surface area contributed by atoms with Crippen LogP contribution in [-0.4, -0.2) is 85.7 Å². The summed E-state index contributed by atoms with van der Waals surface area (Å²) < 4.78 is 56.7. The van der Waals surface area contributed by atoms with Gasteiger partial charge in [-0.3, -0.25) is 23.2 Å². The molecule has 0 spiro atoms. The third-order valence-corrected chi connectivity index (χ3v) is 13.6. The van der Waals surface area contributed by atoms with Crippen LogP contribution in [0, 0.1) is 0 Å². The van der Waals surface area contributed by atoms with E-state index in [9.17, 15) is 43.5 Å². The van der Waals surface area contributed by atoms with Gasteiger partial charge in [-0.1, -0.05) is 144 Å². The Kier molecular flexibility index (Phi) is 35.1. The number of nitrogen functional groups attached to an aromatic ring is 1. The fourth-order valence-corrected chi connectivity index (χ4v) is 9.08. The van der Waals surface area contributed by atoms with Gasteiger partial charge in [-0.25, -0.2) is 13.9 Å². The number of nitrogens with two attached hydrogens (primary N) is 1. The number of aliphatic hydroxyl groups excluding tert-OH is 2. The van der Waals surface area contributed by atoms with Crippen molar-refractivity contribution in [1.82, 2.24) is 9.55 Å². The summed E-state index contributed by atoms with van der Waals surface area (Å²) in [6, 6.07) is 1.24. The van der Waals surface area contributed by atoms with E-state index in [4.69, 9.17) is 29.0 Å². The van der Waals surface area contributed by atoms with Crippen molar-refractivity contribution >= 4 is 33.4 Å². The van der Waals surface area contributed by atoms with Gasteiger partial charge in [-0.2, -0.15) is 9.29 Å². The van der Waals surface area contributed by atoms with Gasteiger partial charge >= 0.3 is 33.3 Å². The second-order valence-electron chi connectivity index (χ2n) is 17.3. The standard InChI is InChI=1S/C52H83N3O15P2/c1-3-5-7-9-11-13-15-17-19-20-21-22-24-26-28-30-32-34-36-38-48(57)68-44(41-65-47(56)37-35-33-31-29-27-25-23-18-16-14-12-10-8-6-4-2)42-66-71(61,62)70-72(63,64)67-43-45-49(58)50(59)51(69-45)55-40-39-46(53)54-52(55)60/h11-14,17-19,21-23,26,28,32,34,39-40,44-45,49-51,58-59H,3-10,15-16,20,24-25,27,29-31,33,35-38,41-43H2,1-2H3,(H,61,62)(H,63,64)(H2,53,54,60)/b13-11-,14-12-,19-17-,22-21-,23-18-,28-26-,34-32-/t44-,45-,49+,50?,51-/m1/s1. The van der Waals surface area contributed by atoms with Crippen molar-refractivity contribution in [2.75, 3.05) is 25.6 Å². The van der Waals surface area contributed by atoms with Gasteiger partial charge in [0.25, 0.3) is 0 Å². The van der Waals surface area contributed by atoms with Crippen molar-refractivity contribution in [3.8, 4) is 0 Å². The fraction of sp³-hybridized carbons (Fsp3) is 0.615. The number of aromatic nitrogens is 2. The summed E-state index contributed by atoms with van der Waals surface area (Å²) in [6.07, 6.45) is 42.5. The third-order valence-electron chi connectivity index (χ3n) is 11.0. The molecule has 20 heteroatoms. The lowest BCUT2D eigenvalue weighted by atomic mass is 10.1. The van der Waals surface area contributed by atoms with Crippen molar-refractivity contribution < 1.29 is 66.3 Å². The van der Waals surface area contributed by atoms with Crippen LogP contribution in [0.25, 0.3) is 0 Å². The third kappa shape index (κ3) is 31.5. The number of hydrogen-bond acceptors (Lipinski definition) is 15. The number of phosphoric acid groups is 2. The number of anilines is 1. The first-order valence-corrected chi connectivity index (χ1v) is 28.6. The number of rotatable bonds is 41. The molecule has 1 saturated heterocycles. The van der Waals surface area contributed by atoms with Gasteiger partial charge in [0.2, 0.25) is 0 Å². The van der Waals surface area contributed by atoms with Crippen molar-refractivity contribution in [3.05, 3.63) is 108 Å². The molecule has 0 radical (unpaired) electrons. The van der Waals surface area contributed by atoms with E-state index in [1.54, 1.807) is 0 Å². The van der Waals surface area contributed by atoms with Crippen LogP contribution in [0.5, 0.6) is 0 Å². The van der Waals surface area contributed by atoms with Gasteiger partial charge in [0.15, 0.2) is 12.3 Å². The maximum atomic E-state index is 12.8. The summed E-state index contributed by atoms with van der Waals surface area (Å²) in [6.45, 7) is 2.01. The highest BCUT2D eigenvalue weighted by molar-refractivity contribution is 7.61. The predicted octanol–water partition coefficient (Wildman–Crippen LogP) is 10.7. The van der Waals surface area contributed by atoms with E-state index < -0.39 is 83.7 Å². The number of phosphoric ester groups is 2. The fourth-order valence-electron chi connectivity index (χ4n) is 6.97. The van der Waals surface area contributed by atoms with Gasteiger partial charge in [0.1, 0.15) is 30.7 Å². The Morgan fingerprint density at radius 2 is 1.15 bits per heavy atom. The molecule has 72 heavy (non-hydrogen) atoms. The zero-order chi connectivity index (χ0) is 52.7. The highest BCUT2D eigenvalue weighted by atomic mass is 31.3. The number of nitrogens with zero attached hydrogens (tertiary/aromatic N) is 2. The maximum Gasteiger partial charge on any atom is 0.481 e. The highest BCUT2D eigenvalue weighted by Gasteiger charge is 2.46. The predicted molar refractivity (Wildman–Crippen MR) is 279 cm³/mol. The lowest BCUT2D eigenvalue weighted by Gasteiger charge is -2.21. The minimum Gasteiger partial charge on any atom is -0.462 e. The molecule has 1 aromatic rings. The number of ether oxygens (including phenoxy) is 3. The summed E-state index contributed by atoms with van der Waals surface area (Å²) >= 11 is 0. The molecule has 0 amide bonds. The smallest absolute Gasteiger partial charge is 0.462 e. The van der Waals surface area contributed by atoms with Gasteiger partial charge in [0.05, 0.1) is 13.2 Å².